The van der Waals surface area contributed by atoms with Crippen LogP contribution in [0, 0.1) is 0 Å². The smallest absolute Gasteiger partial charge is 0.237 e. The Morgan fingerprint density at radius 2 is 2.04 bits per heavy atom. The summed E-state index contributed by atoms with van der Waals surface area (Å²) in [5, 5.41) is 12.4. The Bertz CT molecular complexity index is 550. The molecule has 0 radical (unpaired) electrons. The molecule has 2 aliphatic rings. The third kappa shape index (κ3) is 3.29. The van der Waals surface area contributed by atoms with Gasteiger partial charge in [0.2, 0.25) is 5.91 Å². The SMILES string of the molecule is CC(O)CNCC(=O)N1CCc2ccccc2C12CCCCC2. The van der Waals surface area contributed by atoms with Gasteiger partial charge in [-0.3, -0.25) is 4.79 Å². The number of aliphatic hydroxyl groups excluding tert-OH is 1. The highest BCUT2D eigenvalue weighted by Crippen LogP contribution is 2.46. The number of nitrogens with one attached hydrogen (secondary N) is 1. The lowest BCUT2D eigenvalue weighted by Crippen LogP contribution is -2.56. The van der Waals surface area contributed by atoms with Crippen molar-refractivity contribution in [1.82, 2.24) is 10.2 Å². The average Bonchev–Trinajstić information content (AvgIpc) is 2.56. The van der Waals surface area contributed by atoms with Crippen LogP contribution in [0.15, 0.2) is 24.3 Å². The highest BCUT2D eigenvalue weighted by Gasteiger charge is 2.44. The van der Waals surface area contributed by atoms with Crippen LogP contribution in [-0.4, -0.2) is 41.7 Å². The number of carbonyl (C=O) groups excluding carboxylic acids is 1. The number of nitrogens with zero attached hydrogens (tertiary/aromatic N) is 1. The monoisotopic (exact) mass is 316 g/mol. The van der Waals surface area contributed by atoms with Crippen LogP contribution in [0.25, 0.3) is 0 Å². The van der Waals surface area contributed by atoms with Crippen LogP contribution in [0.5, 0.6) is 0 Å². The summed E-state index contributed by atoms with van der Waals surface area (Å²) in [7, 11) is 0. The van der Waals surface area contributed by atoms with Gasteiger partial charge in [0.1, 0.15) is 0 Å². The van der Waals surface area contributed by atoms with Crippen LogP contribution in [0.4, 0.5) is 0 Å². The molecule has 4 heteroatoms. The molecule has 1 atom stereocenters. The minimum Gasteiger partial charge on any atom is -0.392 e. The molecule has 2 N–H and O–H groups in total. The number of benzene rings is 1. The largest absolute Gasteiger partial charge is 0.392 e. The normalized spacial score (nSPS) is 21.0. The average molecular weight is 316 g/mol. The van der Waals surface area contributed by atoms with Crippen LogP contribution in [-0.2, 0) is 16.8 Å². The van der Waals surface area contributed by atoms with Crippen LogP contribution in [0.2, 0.25) is 0 Å². The molecule has 1 aromatic rings. The maximum Gasteiger partial charge on any atom is 0.237 e. The van der Waals surface area contributed by atoms with Crippen molar-refractivity contribution in [2.75, 3.05) is 19.6 Å². The summed E-state index contributed by atoms with van der Waals surface area (Å²) in [6.45, 7) is 3.32. The van der Waals surface area contributed by atoms with E-state index in [4.69, 9.17) is 0 Å². The molecule has 1 fully saturated rings. The molecular weight excluding hydrogens is 288 g/mol. The molecule has 4 nitrogen and oxygen atoms in total. The molecule has 1 aliphatic carbocycles. The van der Waals surface area contributed by atoms with Gasteiger partial charge in [-0.2, -0.15) is 0 Å². The van der Waals surface area contributed by atoms with E-state index in [1.807, 2.05) is 0 Å². The number of fused-ring (bicyclic) bond motifs is 2. The molecule has 1 heterocycles. The van der Waals surface area contributed by atoms with E-state index < -0.39 is 6.10 Å². The maximum atomic E-state index is 12.8. The third-order valence-electron chi connectivity index (χ3n) is 5.34. The first-order chi connectivity index (χ1) is 11.1. The van der Waals surface area contributed by atoms with Crippen LogP contribution in [0.1, 0.15) is 50.2 Å². The van der Waals surface area contributed by atoms with Gasteiger partial charge in [-0.25, -0.2) is 0 Å². The Labute approximate surface area is 138 Å². The van der Waals surface area contributed by atoms with E-state index in [9.17, 15) is 9.90 Å². The van der Waals surface area contributed by atoms with Crippen molar-refractivity contribution in [3.63, 3.8) is 0 Å². The predicted octanol–water partition coefficient (Wildman–Crippen LogP) is 2.20. The van der Waals surface area contributed by atoms with Gasteiger partial charge >= 0.3 is 0 Å². The van der Waals surface area contributed by atoms with Gasteiger partial charge < -0.3 is 15.3 Å². The lowest BCUT2D eigenvalue weighted by atomic mass is 9.71. The Morgan fingerprint density at radius 3 is 2.78 bits per heavy atom. The molecule has 3 rings (SSSR count). The first kappa shape index (κ1) is 16.5. The predicted molar refractivity (Wildman–Crippen MR) is 91.2 cm³/mol. The van der Waals surface area contributed by atoms with Gasteiger partial charge in [0.05, 0.1) is 18.2 Å². The number of amides is 1. The lowest BCUT2D eigenvalue weighted by molar-refractivity contribution is -0.139. The number of aliphatic hydroxyl groups is 1. The molecule has 1 spiro atoms. The van der Waals surface area contributed by atoms with E-state index in [2.05, 4.69) is 34.5 Å². The summed E-state index contributed by atoms with van der Waals surface area (Å²) in [5.74, 6) is 0.169. The summed E-state index contributed by atoms with van der Waals surface area (Å²) in [4.78, 5) is 15.0. The van der Waals surface area contributed by atoms with E-state index in [-0.39, 0.29) is 11.4 Å². The van der Waals surface area contributed by atoms with Crippen LogP contribution in [0.3, 0.4) is 0 Å². The zero-order valence-electron chi connectivity index (χ0n) is 14.1. The summed E-state index contributed by atoms with van der Waals surface area (Å²) >= 11 is 0. The minimum atomic E-state index is -0.423. The minimum absolute atomic E-state index is 0.101. The second-order valence-corrected chi connectivity index (χ2v) is 7.02. The molecule has 1 aliphatic heterocycles. The summed E-state index contributed by atoms with van der Waals surface area (Å²) < 4.78 is 0. The van der Waals surface area contributed by atoms with Crippen molar-refractivity contribution < 1.29 is 9.90 Å². The van der Waals surface area contributed by atoms with E-state index in [1.54, 1.807) is 6.92 Å². The molecule has 1 amide bonds. The van der Waals surface area contributed by atoms with Crippen molar-refractivity contribution >= 4 is 5.91 Å². The highest BCUT2D eigenvalue weighted by molar-refractivity contribution is 5.80. The molecule has 0 saturated heterocycles. The van der Waals surface area contributed by atoms with Gasteiger partial charge in [0.15, 0.2) is 0 Å². The van der Waals surface area contributed by atoms with Gasteiger partial charge in [-0.15, -0.1) is 0 Å². The van der Waals surface area contributed by atoms with Crippen molar-refractivity contribution in [3.05, 3.63) is 35.4 Å². The summed E-state index contributed by atoms with van der Waals surface area (Å²) in [5.41, 5.74) is 2.68. The fraction of sp³-hybridized carbons (Fsp3) is 0.632. The van der Waals surface area contributed by atoms with Crippen molar-refractivity contribution in [2.24, 2.45) is 0 Å². The Hall–Kier alpha value is -1.39. The molecule has 1 unspecified atom stereocenters. The Kier molecular flexibility index (Phi) is 5.02. The van der Waals surface area contributed by atoms with E-state index >= 15 is 0 Å². The molecule has 0 aromatic heterocycles. The Balaban J connectivity index is 1.83. The zero-order chi connectivity index (χ0) is 16.3. The molecule has 0 bridgehead atoms. The van der Waals surface area contributed by atoms with E-state index in [0.29, 0.717) is 13.1 Å². The number of carbonyl (C=O) groups is 1. The molecule has 1 aromatic carbocycles. The quantitative estimate of drug-likeness (QED) is 0.895. The van der Waals surface area contributed by atoms with Gasteiger partial charge in [0, 0.05) is 13.1 Å². The molecular formula is C19H28N2O2. The number of hydrogen-bond acceptors (Lipinski definition) is 3. The molecule has 23 heavy (non-hydrogen) atoms. The van der Waals surface area contributed by atoms with E-state index in [0.717, 1.165) is 25.8 Å². The first-order valence-corrected chi connectivity index (χ1v) is 8.91. The first-order valence-electron chi connectivity index (χ1n) is 8.91. The summed E-state index contributed by atoms with van der Waals surface area (Å²) in [6.07, 6.45) is 6.33. The fourth-order valence-electron chi connectivity index (χ4n) is 4.31. The molecule has 1 saturated carbocycles. The highest BCUT2D eigenvalue weighted by atomic mass is 16.3. The lowest BCUT2D eigenvalue weighted by Gasteiger charge is -2.50. The standard InChI is InChI=1S/C19H28N2O2/c1-15(22)13-20-14-18(23)21-12-9-16-7-3-4-8-17(16)19(21)10-5-2-6-11-19/h3-4,7-8,15,20,22H,2,5-6,9-14H2,1H3. The van der Waals surface area contributed by atoms with Crippen LogP contribution < -0.4 is 5.32 Å². The third-order valence-corrected chi connectivity index (χ3v) is 5.34. The van der Waals surface area contributed by atoms with Gasteiger partial charge in [-0.05, 0) is 37.3 Å². The van der Waals surface area contributed by atoms with Gasteiger partial charge in [0.25, 0.3) is 0 Å². The molecule has 126 valence electrons. The number of hydrogen-bond donors (Lipinski definition) is 2. The second-order valence-electron chi connectivity index (χ2n) is 7.02. The van der Waals surface area contributed by atoms with E-state index in [1.165, 1.54) is 30.4 Å². The van der Waals surface area contributed by atoms with Crippen molar-refractivity contribution in [2.45, 2.75) is 57.1 Å². The topological polar surface area (TPSA) is 52.6 Å². The van der Waals surface area contributed by atoms with Crippen molar-refractivity contribution in [3.8, 4) is 0 Å². The summed E-state index contributed by atoms with van der Waals surface area (Å²) in [6, 6.07) is 8.66. The second kappa shape index (κ2) is 7.02. The fourth-order valence-corrected chi connectivity index (χ4v) is 4.31. The Morgan fingerprint density at radius 1 is 1.30 bits per heavy atom. The maximum absolute atomic E-state index is 12.8. The van der Waals surface area contributed by atoms with Gasteiger partial charge in [-0.1, -0.05) is 43.5 Å². The zero-order valence-corrected chi connectivity index (χ0v) is 14.1. The van der Waals surface area contributed by atoms with Crippen molar-refractivity contribution in [1.29, 1.82) is 0 Å². The number of rotatable bonds is 4. The van der Waals surface area contributed by atoms with Crippen LogP contribution >= 0.6 is 0 Å².